The van der Waals surface area contributed by atoms with Crippen molar-refractivity contribution in [2.45, 2.75) is 6.42 Å². The third-order valence-corrected chi connectivity index (χ3v) is 2.00. The van der Waals surface area contributed by atoms with Gasteiger partial charge in [0, 0.05) is 13.1 Å². The van der Waals surface area contributed by atoms with Gasteiger partial charge < -0.3 is 10.6 Å². The molecule has 12 heavy (non-hydrogen) atoms. The average Bonchev–Trinajstić information content (AvgIpc) is 2.51. The van der Waals surface area contributed by atoms with Gasteiger partial charge in [0.25, 0.3) is 5.91 Å². The third kappa shape index (κ3) is 1.61. The van der Waals surface area contributed by atoms with Crippen molar-refractivity contribution in [3.05, 3.63) is 0 Å². The van der Waals surface area contributed by atoms with Crippen LogP contribution in [0.25, 0.3) is 0 Å². The Labute approximate surface area is 69.5 Å². The molecule has 0 bridgehead atoms. The molecule has 0 aromatic carbocycles. The van der Waals surface area contributed by atoms with Crippen LogP contribution in [0.1, 0.15) is 6.42 Å². The summed E-state index contributed by atoms with van der Waals surface area (Å²) in [6, 6.07) is 0. The first-order valence-corrected chi connectivity index (χ1v) is 3.68. The zero-order valence-electron chi connectivity index (χ0n) is 6.53. The van der Waals surface area contributed by atoms with E-state index < -0.39 is 11.8 Å². The lowest BCUT2D eigenvalue weighted by Gasteiger charge is -2.10. The lowest BCUT2D eigenvalue weighted by atomic mass is 10.1. The summed E-state index contributed by atoms with van der Waals surface area (Å²) in [6.07, 6.45) is 0.818. The van der Waals surface area contributed by atoms with Gasteiger partial charge >= 0.3 is 0 Å². The topological polar surface area (TPSA) is 80.5 Å². The van der Waals surface area contributed by atoms with Crippen LogP contribution in [0, 0.1) is 5.92 Å². The second-order valence-electron chi connectivity index (χ2n) is 2.79. The Balaban J connectivity index is 2.50. The predicted molar refractivity (Wildman–Crippen MR) is 39.9 cm³/mol. The maximum atomic E-state index is 10.8. The molecule has 0 aliphatic carbocycles. The summed E-state index contributed by atoms with van der Waals surface area (Å²) in [4.78, 5) is 32.8. The van der Waals surface area contributed by atoms with Gasteiger partial charge in [-0.25, -0.2) is 0 Å². The number of carbonyl (C=O) groups excluding carboxylic acids is 3. The van der Waals surface area contributed by atoms with Gasteiger partial charge in [-0.15, -0.1) is 0 Å². The monoisotopic (exact) mass is 170 g/mol. The van der Waals surface area contributed by atoms with Gasteiger partial charge in [0.05, 0.1) is 5.92 Å². The first-order chi connectivity index (χ1) is 5.65. The molecule has 1 aliphatic heterocycles. The third-order valence-electron chi connectivity index (χ3n) is 2.00. The summed E-state index contributed by atoms with van der Waals surface area (Å²) < 4.78 is 0. The largest absolute Gasteiger partial charge is 0.369 e. The molecule has 1 aliphatic rings. The summed E-state index contributed by atoms with van der Waals surface area (Å²) in [5.74, 6) is -1.26. The van der Waals surface area contributed by atoms with Crippen LogP contribution < -0.4 is 5.73 Å². The Hall–Kier alpha value is -1.39. The minimum atomic E-state index is -0.571. The average molecular weight is 170 g/mol. The molecule has 1 unspecified atom stereocenters. The van der Waals surface area contributed by atoms with E-state index in [0.29, 0.717) is 13.0 Å². The Kier molecular flexibility index (Phi) is 2.42. The number of rotatable bonds is 2. The maximum Gasteiger partial charge on any atom is 0.286 e. The highest BCUT2D eigenvalue weighted by Crippen LogP contribution is 2.14. The summed E-state index contributed by atoms with van der Waals surface area (Å²) in [5.41, 5.74) is 5.04. The highest BCUT2D eigenvalue weighted by molar-refractivity contribution is 6.23. The highest BCUT2D eigenvalue weighted by atomic mass is 16.2. The number of aldehydes is 1. The number of hydrogen-bond donors (Lipinski definition) is 1. The van der Waals surface area contributed by atoms with Crippen LogP contribution in [0.5, 0.6) is 0 Å². The van der Waals surface area contributed by atoms with Crippen LogP contribution >= 0.6 is 0 Å². The normalized spacial score (nSPS) is 22.3. The highest BCUT2D eigenvalue weighted by Gasteiger charge is 2.28. The number of nitrogens with two attached hydrogens (primary N) is 1. The maximum absolute atomic E-state index is 10.8. The van der Waals surface area contributed by atoms with Crippen molar-refractivity contribution in [3.8, 4) is 0 Å². The Morgan fingerprint density at radius 1 is 1.50 bits per heavy atom. The first-order valence-electron chi connectivity index (χ1n) is 3.68. The molecule has 2 amide bonds. The fourth-order valence-electron chi connectivity index (χ4n) is 1.27. The number of nitrogens with zero attached hydrogens (tertiary/aromatic N) is 1. The standard InChI is InChI=1S/C7H10N2O3/c8-7(12)5-1-2-9(3-5)6(11)4-10/h4-5H,1-3H2,(H2,8,12). The van der Waals surface area contributed by atoms with E-state index in [9.17, 15) is 14.4 Å². The lowest BCUT2D eigenvalue weighted by Crippen LogP contribution is -2.32. The van der Waals surface area contributed by atoms with E-state index in [0.717, 1.165) is 0 Å². The molecule has 2 N–H and O–H groups in total. The van der Waals surface area contributed by atoms with E-state index in [-0.39, 0.29) is 18.7 Å². The predicted octanol–water partition coefficient (Wildman–Crippen LogP) is -1.48. The number of amides is 2. The van der Waals surface area contributed by atoms with Gasteiger partial charge in [-0.1, -0.05) is 0 Å². The van der Waals surface area contributed by atoms with Crippen LogP contribution in [0.3, 0.4) is 0 Å². The quantitative estimate of drug-likeness (QED) is 0.405. The van der Waals surface area contributed by atoms with Gasteiger partial charge in [-0.2, -0.15) is 0 Å². The zero-order chi connectivity index (χ0) is 9.14. The van der Waals surface area contributed by atoms with Crippen LogP contribution in [0.4, 0.5) is 0 Å². The van der Waals surface area contributed by atoms with E-state index in [1.54, 1.807) is 0 Å². The molecule has 66 valence electrons. The molecule has 5 nitrogen and oxygen atoms in total. The molecule has 0 radical (unpaired) electrons. The molecule has 1 fully saturated rings. The van der Waals surface area contributed by atoms with Gasteiger partial charge in [0.2, 0.25) is 12.2 Å². The molecule has 1 rings (SSSR count). The Morgan fingerprint density at radius 2 is 2.17 bits per heavy atom. The molecular formula is C7H10N2O3. The lowest BCUT2D eigenvalue weighted by molar-refractivity contribution is -0.138. The van der Waals surface area contributed by atoms with Gasteiger partial charge in [0.1, 0.15) is 0 Å². The van der Waals surface area contributed by atoms with Crippen LogP contribution in [-0.2, 0) is 14.4 Å². The van der Waals surface area contributed by atoms with Crippen molar-refractivity contribution < 1.29 is 14.4 Å². The van der Waals surface area contributed by atoms with Crippen LogP contribution in [-0.4, -0.2) is 36.1 Å². The fourth-order valence-corrected chi connectivity index (χ4v) is 1.27. The van der Waals surface area contributed by atoms with Crippen LogP contribution in [0.2, 0.25) is 0 Å². The van der Waals surface area contributed by atoms with Gasteiger partial charge in [0.15, 0.2) is 0 Å². The summed E-state index contributed by atoms with van der Waals surface area (Å²) in [6.45, 7) is 0.734. The minimum absolute atomic E-state index is 0.253. The minimum Gasteiger partial charge on any atom is -0.369 e. The van der Waals surface area contributed by atoms with E-state index in [2.05, 4.69) is 0 Å². The Morgan fingerprint density at radius 3 is 2.58 bits per heavy atom. The molecule has 1 heterocycles. The molecule has 0 aromatic heterocycles. The number of carbonyl (C=O) groups is 3. The molecular weight excluding hydrogens is 160 g/mol. The zero-order valence-corrected chi connectivity index (χ0v) is 6.53. The van der Waals surface area contributed by atoms with E-state index in [1.807, 2.05) is 0 Å². The molecule has 0 spiro atoms. The van der Waals surface area contributed by atoms with E-state index in [4.69, 9.17) is 5.73 Å². The van der Waals surface area contributed by atoms with E-state index in [1.165, 1.54) is 4.90 Å². The van der Waals surface area contributed by atoms with Gasteiger partial charge in [-0.3, -0.25) is 14.4 Å². The van der Waals surface area contributed by atoms with Crippen molar-refractivity contribution in [2.24, 2.45) is 11.7 Å². The van der Waals surface area contributed by atoms with Crippen LogP contribution in [0.15, 0.2) is 0 Å². The van der Waals surface area contributed by atoms with Crippen molar-refractivity contribution in [1.29, 1.82) is 0 Å². The first kappa shape index (κ1) is 8.70. The molecule has 1 atom stereocenters. The SMILES string of the molecule is NC(=O)C1CCN(C(=O)C=O)C1. The number of likely N-dealkylation sites (tertiary alicyclic amines) is 1. The smallest absolute Gasteiger partial charge is 0.286 e. The van der Waals surface area contributed by atoms with Crippen molar-refractivity contribution >= 4 is 18.1 Å². The van der Waals surface area contributed by atoms with Crippen molar-refractivity contribution in [2.75, 3.05) is 13.1 Å². The molecule has 1 saturated heterocycles. The van der Waals surface area contributed by atoms with Crippen molar-refractivity contribution in [1.82, 2.24) is 4.90 Å². The summed E-state index contributed by atoms with van der Waals surface area (Å²) >= 11 is 0. The van der Waals surface area contributed by atoms with E-state index >= 15 is 0 Å². The number of hydrogen-bond acceptors (Lipinski definition) is 3. The molecule has 5 heteroatoms. The second-order valence-corrected chi connectivity index (χ2v) is 2.79. The van der Waals surface area contributed by atoms with Crippen molar-refractivity contribution in [3.63, 3.8) is 0 Å². The molecule has 0 saturated carbocycles. The second kappa shape index (κ2) is 3.34. The number of primary amides is 1. The molecule has 0 aromatic rings. The Bertz CT molecular complexity index is 227. The summed E-state index contributed by atoms with van der Waals surface area (Å²) in [5, 5.41) is 0. The van der Waals surface area contributed by atoms with Gasteiger partial charge in [-0.05, 0) is 6.42 Å². The fraction of sp³-hybridized carbons (Fsp3) is 0.571. The summed E-state index contributed by atoms with van der Waals surface area (Å²) in [7, 11) is 0.